The van der Waals surface area contributed by atoms with Gasteiger partial charge in [0.25, 0.3) is 0 Å². The highest BCUT2D eigenvalue weighted by atomic mass is 35.7. The maximum absolute atomic E-state index is 12.0. The van der Waals surface area contributed by atoms with Crippen molar-refractivity contribution in [3.63, 3.8) is 0 Å². The molecule has 0 spiro atoms. The molecule has 0 aliphatic carbocycles. The average Bonchev–Trinajstić information content (AvgIpc) is 2.62. The maximum Gasteiger partial charge on any atom is 0.427 e. The normalized spacial score (nSPS) is 11.0. The van der Waals surface area contributed by atoms with Gasteiger partial charge in [-0.25, -0.2) is 9.52 Å². The van der Waals surface area contributed by atoms with Crippen LogP contribution in [0.5, 0.6) is 5.75 Å². The summed E-state index contributed by atoms with van der Waals surface area (Å²) in [5, 5.41) is 0. The Kier molecular flexibility index (Phi) is 5.25. The number of carbonyl (C=O) groups is 1. The quantitative estimate of drug-likeness (QED) is 0.664. The zero-order chi connectivity index (χ0) is 18.6. The minimum Gasteiger partial charge on any atom is -0.408 e. The number of amides is 1. The minimum absolute atomic E-state index is 0.239. The van der Waals surface area contributed by atoms with Crippen LogP contribution in [0.2, 0.25) is 0 Å². The van der Waals surface area contributed by atoms with Crippen LogP contribution in [0.3, 0.4) is 0 Å². The summed E-state index contributed by atoms with van der Waals surface area (Å²) in [6, 6.07) is 24.1. The van der Waals surface area contributed by atoms with Crippen LogP contribution in [0.15, 0.2) is 78.9 Å². The fourth-order valence-corrected chi connectivity index (χ4v) is 2.98. The molecule has 0 saturated carbocycles. The predicted octanol–water partition coefficient (Wildman–Crippen LogP) is 4.59. The van der Waals surface area contributed by atoms with Crippen molar-refractivity contribution >= 4 is 26.0 Å². The van der Waals surface area contributed by atoms with E-state index in [1.165, 1.54) is 0 Å². The molecule has 0 saturated heterocycles. The highest BCUT2D eigenvalue weighted by Crippen LogP contribution is 2.39. The zero-order valence-electron chi connectivity index (χ0n) is 13.4. The number of carbonyl (C=O) groups excluding carboxylic acids is 1. The molecule has 0 radical (unpaired) electrons. The molecule has 0 atom stereocenters. The number of para-hydroxylation sites is 1. The molecule has 26 heavy (non-hydrogen) atoms. The van der Waals surface area contributed by atoms with E-state index in [2.05, 4.69) is 0 Å². The van der Waals surface area contributed by atoms with Crippen LogP contribution in [0.1, 0.15) is 0 Å². The molecule has 0 unspecified atom stereocenters. The Morgan fingerprint density at radius 1 is 0.769 bits per heavy atom. The summed E-state index contributed by atoms with van der Waals surface area (Å²) in [4.78, 5) is 12.0. The standard InChI is InChI=1S/C19H14ClNO4S/c20-26(23,24)21-19(22)25-18-16(14-8-3-1-4-9-14)12-7-13-17(18)15-10-5-2-6-11-15/h1-13H,(H,21,22). The average molecular weight is 388 g/mol. The van der Waals surface area contributed by atoms with Crippen LogP contribution in [-0.4, -0.2) is 14.5 Å². The van der Waals surface area contributed by atoms with Crippen molar-refractivity contribution in [3.8, 4) is 28.0 Å². The minimum atomic E-state index is -4.25. The van der Waals surface area contributed by atoms with Crippen LogP contribution in [-0.2, 0) is 9.24 Å². The van der Waals surface area contributed by atoms with Gasteiger partial charge in [-0.05, 0) is 11.1 Å². The van der Waals surface area contributed by atoms with Crippen molar-refractivity contribution in [3.05, 3.63) is 78.9 Å². The Bertz CT molecular complexity index is 964. The fraction of sp³-hybridized carbons (Fsp3) is 0. The molecule has 1 N–H and O–H groups in total. The van der Waals surface area contributed by atoms with Crippen molar-refractivity contribution in [2.75, 3.05) is 0 Å². The van der Waals surface area contributed by atoms with E-state index in [4.69, 9.17) is 15.4 Å². The molecule has 5 nitrogen and oxygen atoms in total. The largest absolute Gasteiger partial charge is 0.427 e. The number of nitrogens with one attached hydrogen (secondary N) is 1. The number of halogens is 1. The van der Waals surface area contributed by atoms with E-state index in [-0.39, 0.29) is 5.75 Å². The van der Waals surface area contributed by atoms with E-state index in [1.54, 1.807) is 16.9 Å². The molecule has 0 heterocycles. The van der Waals surface area contributed by atoms with Crippen molar-refractivity contribution in [2.24, 2.45) is 0 Å². The zero-order valence-corrected chi connectivity index (χ0v) is 15.0. The lowest BCUT2D eigenvalue weighted by atomic mass is 9.97. The first-order valence-corrected chi connectivity index (χ1v) is 9.93. The van der Waals surface area contributed by atoms with E-state index in [0.717, 1.165) is 11.1 Å². The molecule has 0 aromatic heterocycles. The third kappa shape index (κ3) is 4.41. The molecular formula is C19H14ClNO4S. The van der Waals surface area contributed by atoms with Gasteiger partial charge in [0.2, 0.25) is 0 Å². The highest BCUT2D eigenvalue weighted by Gasteiger charge is 2.19. The third-order valence-corrected chi connectivity index (χ3v) is 4.23. The molecule has 7 heteroatoms. The molecule has 132 valence electrons. The van der Waals surface area contributed by atoms with Gasteiger partial charge < -0.3 is 4.74 Å². The van der Waals surface area contributed by atoms with E-state index >= 15 is 0 Å². The van der Waals surface area contributed by atoms with Crippen LogP contribution in [0.25, 0.3) is 22.3 Å². The van der Waals surface area contributed by atoms with E-state index in [9.17, 15) is 13.2 Å². The van der Waals surface area contributed by atoms with Gasteiger partial charge in [0.1, 0.15) is 5.75 Å². The molecule has 0 aliphatic heterocycles. The van der Waals surface area contributed by atoms with Crippen molar-refractivity contribution < 1.29 is 17.9 Å². The first-order valence-electron chi connectivity index (χ1n) is 7.62. The fourth-order valence-electron chi connectivity index (χ4n) is 2.55. The molecule has 0 aliphatic rings. The van der Waals surface area contributed by atoms with Gasteiger partial charge in [0.05, 0.1) is 0 Å². The van der Waals surface area contributed by atoms with Crippen molar-refractivity contribution in [1.29, 1.82) is 0 Å². The summed E-state index contributed by atoms with van der Waals surface area (Å²) in [5.74, 6) is 0.239. The number of hydrogen-bond acceptors (Lipinski definition) is 4. The summed E-state index contributed by atoms with van der Waals surface area (Å²) in [5.41, 5.74) is 2.94. The molecule has 0 bridgehead atoms. The monoisotopic (exact) mass is 387 g/mol. The van der Waals surface area contributed by atoms with Gasteiger partial charge in [-0.2, -0.15) is 8.42 Å². The highest BCUT2D eigenvalue weighted by molar-refractivity contribution is 8.12. The lowest BCUT2D eigenvalue weighted by Crippen LogP contribution is -2.29. The molecule has 0 fully saturated rings. The Hall–Kier alpha value is -2.83. The van der Waals surface area contributed by atoms with Crippen LogP contribution >= 0.6 is 10.7 Å². The lowest BCUT2D eigenvalue weighted by molar-refractivity contribution is 0.207. The van der Waals surface area contributed by atoms with E-state index in [0.29, 0.717) is 11.1 Å². The van der Waals surface area contributed by atoms with Gasteiger partial charge in [-0.3, -0.25) is 0 Å². The summed E-state index contributed by atoms with van der Waals surface area (Å²) in [6.07, 6.45) is -1.18. The van der Waals surface area contributed by atoms with Gasteiger partial charge in [-0.15, -0.1) is 0 Å². The topological polar surface area (TPSA) is 72.5 Å². The lowest BCUT2D eigenvalue weighted by Gasteiger charge is -2.15. The predicted molar refractivity (Wildman–Crippen MR) is 101 cm³/mol. The molecule has 1 amide bonds. The number of ether oxygens (including phenoxy) is 1. The second-order valence-electron chi connectivity index (χ2n) is 5.34. The Morgan fingerprint density at radius 3 is 1.65 bits per heavy atom. The third-order valence-electron chi connectivity index (χ3n) is 3.58. The molecule has 3 rings (SSSR count). The smallest absolute Gasteiger partial charge is 0.408 e. The second-order valence-corrected chi connectivity index (χ2v) is 7.64. The second kappa shape index (κ2) is 7.59. The first-order chi connectivity index (χ1) is 12.4. The number of benzene rings is 3. The van der Waals surface area contributed by atoms with E-state index < -0.39 is 15.3 Å². The summed E-state index contributed by atoms with van der Waals surface area (Å²) in [7, 11) is 0.817. The molecule has 3 aromatic carbocycles. The van der Waals surface area contributed by atoms with Crippen LogP contribution in [0.4, 0.5) is 4.79 Å². The summed E-state index contributed by atoms with van der Waals surface area (Å²) in [6.45, 7) is 0. The van der Waals surface area contributed by atoms with Crippen molar-refractivity contribution in [1.82, 2.24) is 4.72 Å². The Morgan fingerprint density at radius 2 is 1.23 bits per heavy atom. The number of hydrogen-bond donors (Lipinski definition) is 1. The van der Waals surface area contributed by atoms with Gasteiger partial charge in [-0.1, -0.05) is 78.9 Å². The van der Waals surface area contributed by atoms with E-state index in [1.807, 2.05) is 66.7 Å². The van der Waals surface area contributed by atoms with Crippen LogP contribution < -0.4 is 9.46 Å². The first kappa shape index (κ1) is 18.0. The van der Waals surface area contributed by atoms with Gasteiger partial charge >= 0.3 is 15.3 Å². The molecule has 3 aromatic rings. The van der Waals surface area contributed by atoms with Crippen LogP contribution in [0, 0.1) is 0 Å². The summed E-state index contributed by atoms with van der Waals surface area (Å²) < 4.78 is 29.1. The SMILES string of the molecule is O=C(NS(=O)(=O)Cl)Oc1c(-c2ccccc2)cccc1-c1ccccc1. The summed E-state index contributed by atoms with van der Waals surface area (Å²) >= 11 is 0. The Balaban J connectivity index is 2.12. The maximum atomic E-state index is 12.0. The van der Waals surface area contributed by atoms with Crippen molar-refractivity contribution in [2.45, 2.75) is 0 Å². The van der Waals surface area contributed by atoms with Gasteiger partial charge in [0.15, 0.2) is 0 Å². The molecular weight excluding hydrogens is 374 g/mol. The van der Waals surface area contributed by atoms with Gasteiger partial charge in [0, 0.05) is 21.8 Å². The Labute approximate surface area is 155 Å². The number of rotatable bonds is 4.